The Morgan fingerprint density at radius 3 is 0.691 bits per heavy atom. The van der Waals surface area contributed by atoms with E-state index in [1.807, 2.05) is 0 Å². The molecule has 0 aliphatic carbocycles. The van der Waals surface area contributed by atoms with E-state index in [4.69, 9.17) is 14.2 Å². The van der Waals surface area contributed by atoms with Gasteiger partial charge in [0.05, 0.1) is 0 Å². The number of unbranched alkanes of at least 4 members (excludes halogenated alkanes) is 35. The molecular weight excluding hydrogens is 841 g/mol. The maximum Gasteiger partial charge on any atom is 0.306 e. The van der Waals surface area contributed by atoms with Crippen molar-refractivity contribution in [3.63, 3.8) is 0 Å². The average molecular weight is 962 g/mol. The second kappa shape index (κ2) is 53.2. The molecule has 0 aliphatic rings. The monoisotopic (exact) mass is 961 g/mol. The highest BCUT2D eigenvalue weighted by atomic mass is 16.6. The molecule has 0 heterocycles. The molecule has 0 aromatic heterocycles. The fourth-order valence-electron chi connectivity index (χ4n) is 9.43. The Hall–Kier alpha value is -1.59. The first-order valence-electron chi connectivity index (χ1n) is 30.7. The summed E-state index contributed by atoms with van der Waals surface area (Å²) in [5.41, 5.74) is 0. The van der Waals surface area contributed by atoms with Crippen LogP contribution in [0.1, 0.15) is 343 Å². The van der Waals surface area contributed by atoms with Gasteiger partial charge in [-0.05, 0) is 37.0 Å². The van der Waals surface area contributed by atoms with E-state index in [1.165, 1.54) is 225 Å². The first kappa shape index (κ1) is 66.4. The Morgan fingerprint density at radius 1 is 0.279 bits per heavy atom. The maximum atomic E-state index is 12.9. The van der Waals surface area contributed by atoms with E-state index in [2.05, 4.69) is 41.5 Å². The van der Waals surface area contributed by atoms with Crippen molar-refractivity contribution in [1.82, 2.24) is 0 Å². The van der Waals surface area contributed by atoms with Gasteiger partial charge in [0.2, 0.25) is 0 Å². The number of hydrogen-bond donors (Lipinski definition) is 0. The highest BCUT2D eigenvalue weighted by Crippen LogP contribution is 2.20. The third kappa shape index (κ3) is 50.8. The van der Waals surface area contributed by atoms with Gasteiger partial charge in [0, 0.05) is 19.3 Å². The maximum absolute atomic E-state index is 12.9. The van der Waals surface area contributed by atoms with Gasteiger partial charge in [0.25, 0.3) is 0 Å². The normalized spacial score (nSPS) is 13.3. The van der Waals surface area contributed by atoms with Crippen molar-refractivity contribution < 1.29 is 28.6 Å². The molecule has 68 heavy (non-hydrogen) atoms. The predicted octanol–water partition coefficient (Wildman–Crippen LogP) is 20.3. The van der Waals surface area contributed by atoms with Crippen LogP contribution in [0.5, 0.6) is 0 Å². The van der Waals surface area contributed by atoms with Crippen LogP contribution in [-0.2, 0) is 28.6 Å². The molecule has 0 aromatic rings. The van der Waals surface area contributed by atoms with E-state index in [9.17, 15) is 14.4 Å². The van der Waals surface area contributed by atoms with Gasteiger partial charge in [0.1, 0.15) is 13.2 Å². The van der Waals surface area contributed by atoms with Crippen molar-refractivity contribution in [1.29, 1.82) is 0 Å². The SMILES string of the molecule is CCC(C)CCCCCCCCCCCCCCCCCCCCC(=O)OC[C@@H](COC(=O)CCCCCCCCC(C)CC)OC(=O)CCCCCCCCCCCCCCCCC(C)CC. The first-order valence-corrected chi connectivity index (χ1v) is 30.7. The lowest BCUT2D eigenvalue weighted by Gasteiger charge is -2.18. The van der Waals surface area contributed by atoms with Gasteiger partial charge in [0.15, 0.2) is 6.10 Å². The summed E-state index contributed by atoms with van der Waals surface area (Å²) in [5, 5.41) is 0. The third-order valence-corrected chi connectivity index (χ3v) is 15.2. The summed E-state index contributed by atoms with van der Waals surface area (Å²) in [6.45, 7) is 13.8. The summed E-state index contributed by atoms with van der Waals surface area (Å²) < 4.78 is 16.9. The fraction of sp³-hybridized carbons (Fsp3) is 0.952. The Kier molecular flexibility index (Phi) is 52.0. The van der Waals surface area contributed by atoms with Gasteiger partial charge in [-0.3, -0.25) is 14.4 Å². The molecule has 404 valence electrons. The number of ether oxygens (including phenoxy) is 3. The molecular formula is C62H120O6. The number of carbonyl (C=O) groups is 3. The number of carbonyl (C=O) groups excluding carboxylic acids is 3. The van der Waals surface area contributed by atoms with Crippen LogP contribution in [0.25, 0.3) is 0 Å². The highest BCUT2D eigenvalue weighted by Gasteiger charge is 2.19. The molecule has 6 nitrogen and oxygen atoms in total. The summed E-state index contributed by atoms with van der Waals surface area (Å²) in [7, 11) is 0. The minimum atomic E-state index is -0.764. The molecule has 4 atom stereocenters. The van der Waals surface area contributed by atoms with Crippen molar-refractivity contribution in [3.05, 3.63) is 0 Å². The number of esters is 3. The molecule has 3 unspecified atom stereocenters. The summed E-state index contributed by atoms with van der Waals surface area (Å²) in [4.78, 5) is 38.2. The van der Waals surface area contributed by atoms with Crippen LogP contribution in [-0.4, -0.2) is 37.2 Å². The van der Waals surface area contributed by atoms with Crippen LogP contribution in [0.15, 0.2) is 0 Å². The summed E-state index contributed by atoms with van der Waals surface area (Å²) in [6, 6.07) is 0. The van der Waals surface area contributed by atoms with Gasteiger partial charge >= 0.3 is 17.9 Å². The molecule has 0 spiro atoms. The summed E-state index contributed by atoms with van der Waals surface area (Å²) in [6.07, 6.45) is 56.7. The van der Waals surface area contributed by atoms with Crippen LogP contribution >= 0.6 is 0 Å². The van der Waals surface area contributed by atoms with E-state index >= 15 is 0 Å². The Balaban J connectivity index is 4.21. The minimum absolute atomic E-state index is 0.0639. The molecule has 0 rings (SSSR count). The Bertz CT molecular complexity index is 1060. The lowest BCUT2D eigenvalue weighted by Crippen LogP contribution is -2.30. The van der Waals surface area contributed by atoms with Crippen LogP contribution in [0, 0.1) is 17.8 Å². The number of hydrogen-bond acceptors (Lipinski definition) is 6. The van der Waals surface area contributed by atoms with Crippen LogP contribution in [0.4, 0.5) is 0 Å². The lowest BCUT2D eigenvalue weighted by molar-refractivity contribution is -0.167. The molecule has 0 fully saturated rings. The van der Waals surface area contributed by atoms with Crippen molar-refractivity contribution in [2.75, 3.05) is 13.2 Å². The third-order valence-electron chi connectivity index (χ3n) is 15.2. The van der Waals surface area contributed by atoms with Gasteiger partial charge in [-0.15, -0.1) is 0 Å². The van der Waals surface area contributed by atoms with Gasteiger partial charge in [-0.25, -0.2) is 0 Å². The lowest BCUT2D eigenvalue weighted by atomic mass is 9.99. The summed E-state index contributed by atoms with van der Waals surface area (Å²) >= 11 is 0. The standard InChI is InChI=1S/C62H120O6/c1-7-56(4)48-42-36-30-26-22-18-14-12-10-11-13-15-20-24-28-32-39-45-51-60(63)66-54-59(55-67-61(64)52-46-40-35-34-38-44-50-58(6)9-3)68-62(65)53-47-41-33-29-25-21-17-16-19-23-27-31-37-43-49-57(5)8-2/h56-59H,7-55H2,1-6H3/t56?,57?,58?,59-/m0/s1. The molecule has 0 radical (unpaired) electrons. The van der Waals surface area contributed by atoms with Crippen LogP contribution < -0.4 is 0 Å². The van der Waals surface area contributed by atoms with E-state index in [0.717, 1.165) is 75.5 Å². The smallest absolute Gasteiger partial charge is 0.306 e. The molecule has 6 heteroatoms. The molecule has 0 N–H and O–H groups in total. The molecule has 0 bridgehead atoms. The molecule has 0 saturated heterocycles. The van der Waals surface area contributed by atoms with E-state index in [-0.39, 0.29) is 31.1 Å². The van der Waals surface area contributed by atoms with Crippen LogP contribution in [0.2, 0.25) is 0 Å². The van der Waals surface area contributed by atoms with E-state index in [1.54, 1.807) is 0 Å². The molecule has 0 saturated carbocycles. The predicted molar refractivity (Wildman–Crippen MR) is 293 cm³/mol. The zero-order valence-corrected chi connectivity index (χ0v) is 46.9. The Labute approximate surface area is 425 Å². The topological polar surface area (TPSA) is 78.9 Å². The van der Waals surface area contributed by atoms with Crippen molar-refractivity contribution in [3.8, 4) is 0 Å². The molecule has 0 amide bonds. The van der Waals surface area contributed by atoms with Crippen molar-refractivity contribution in [2.45, 2.75) is 349 Å². The average Bonchev–Trinajstić information content (AvgIpc) is 3.34. The largest absolute Gasteiger partial charge is 0.462 e. The first-order chi connectivity index (χ1) is 33.2. The highest BCUT2D eigenvalue weighted by molar-refractivity contribution is 5.71. The zero-order chi connectivity index (χ0) is 49.8. The van der Waals surface area contributed by atoms with Crippen molar-refractivity contribution in [2.24, 2.45) is 17.8 Å². The number of rotatable bonds is 55. The second-order valence-electron chi connectivity index (χ2n) is 22.1. The van der Waals surface area contributed by atoms with Crippen LogP contribution in [0.3, 0.4) is 0 Å². The van der Waals surface area contributed by atoms with Gasteiger partial charge < -0.3 is 14.2 Å². The summed E-state index contributed by atoms with van der Waals surface area (Å²) in [5.74, 6) is 1.77. The second-order valence-corrected chi connectivity index (χ2v) is 22.1. The fourth-order valence-corrected chi connectivity index (χ4v) is 9.43. The van der Waals surface area contributed by atoms with Gasteiger partial charge in [-0.1, -0.05) is 305 Å². The van der Waals surface area contributed by atoms with Crippen molar-refractivity contribution >= 4 is 17.9 Å². The molecule has 0 aliphatic heterocycles. The zero-order valence-electron chi connectivity index (χ0n) is 46.9. The molecule has 0 aromatic carbocycles. The Morgan fingerprint density at radius 2 is 0.471 bits per heavy atom. The van der Waals surface area contributed by atoms with Gasteiger partial charge in [-0.2, -0.15) is 0 Å². The van der Waals surface area contributed by atoms with E-state index < -0.39 is 6.10 Å². The quantitative estimate of drug-likeness (QED) is 0.0343. The van der Waals surface area contributed by atoms with E-state index in [0.29, 0.717) is 19.3 Å². The minimum Gasteiger partial charge on any atom is -0.462 e.